The minimum absolute atomic E-state index is 0.123. The fourth-order valence-corrected chi connectivity index (χ4v) is 1.40. The van der Waals surface area contributed by atoms with Crippen molar-refractivity contribution in [3.05, 3.63) is 29.0 Å². The highest BCUT2D eigenvalue weighted by Gasteiger charge is 2.24. The van der Waals surface area contributed by atoms with Crippen LogP contribution in [0, 0.1) is 0 Å². The van der Waals surface area contributed by atoms with Gasteiger partial charge in [-0.25, -0.2) is 0 Å². The molecule has 5 heteroatoms. The first-order chi connectivity index (χ1) is 6.68. The van der Waals surface area contributed by atoms with Crippen LogP contribution in [0.15, 0.2) is 23.3 Å². The van der Waals surface area contributed by atoms with Gasteiger partial charge in [0.15, 0.2) is 5.84 Å². The fraction of sp³-hybridized carbons (Fsp3) is 0.222. The molecule has 1 aromatic heterocycles. The molecule has 0 spiro atoms. The Kier molecular flexibility index (Phi) is 2.21. The number of nitrogens with one attached hydrogen (secondary N) is 1. The van der Waals surface area contributed by atoms with Gasteiger partial charge in [0, 0.05) is 6.20 Å². The molecule has 1 N–H and O–H groups in total. The minimum Gasteiger partial charge on any atom is -0.307 e. The van der Waals surface area contributed by atoms with Crippen molar-refractivity contribution in [2.75, 3.05) is 0 Å². The Morgan fingerprint density at radius 1 is 1.57 bits per heavy atom. The molecule has 0 fully saturated rings. The second kappa shape index (κ2) is 3.38. The van der Waals surface area contributed by atoms with Crippen LogP contribution in [0.1, 0.15) is 12.6 Å². The molecule has 1 atom stereocenters. The minimum atomic E-state index is -0.358. The van der Waals surface area contributed by atoms with Crippen LogP contribution < -0.4 is 5.32 Å². The quantitative estimate of drug-likeness (QED) is 0.750. The number of pyridine rings is 1. The highest BCUT2D eigenvalue weighted by atomic mass is 35.5. The van der Waals surface area contributed by atoms with E-state index >= 15 is 0 Å². The van der Waals surface area contributed by atoms with Crippen molar-refractivity contribution >= 4 is 23.3 Å². The molecule has 14 heavy (non-hydrogen) atoms. The molecule has 2 heterocycles. The third-order valence-corrected chi connectivity index (χ3v) is 2.23. The summed E-state index contributed by atoms with van der Waals surface area (Å²) in [5.41, 5.74) is 0.520. The lowest BCUT2D eigenvalue weighted by Crippen LogP contribution is -2.28. The van der Waals surface area contributed by atoms with Gasteiger partial charge in [-0.3, -0.25) is 14.8 Å². The lowest BCUT2D eigenvalue weighted by molar-refractivity contribution is -0.119. The van der Waals surface area contributed by atoms with E-state index < -0.39 is 0 Å². The van der Waals surface area contributed by atoms with Gasteiger partial charge in [0.05, 0.1) is 5.02 Å². The molecule has 0 bridgehead atoms. The van der Waals surface area contributed by atoms with Crippen LogP contribution in [0.4, 0.5) is 0 Å². The average molecular weight is 210 g/mol. The summed E-state index contributed by atoms with van der Waals surface area (Å²) in [6.45, 7) is 1.72. The van der Waals surface area contributed by atoms with Gasteiger partial charge in [-0.05, 0) is 19.1 Å². The van der Waals surface area contributed by atoms with E-state index in [1.54, 1.807) is 25.3 Å². The second-order valence-electron chi connectivity index (χ2n) is 2.98. The Labute approximate surface area is 86.0 Å². The van der Waals surface area contributed by atoms with E-state index in [1.165, 1.54) is 0 Å². The van der Waals surface area contributed by atoms with E-state index in [1.807, 2.05) is 0 Å². The molecule has 1 amide bonds. The number of carbonyl (C=O) groups is 1. The van der Waals surface area contributed by atoms with E-state index in [9.17, 15) is 4.79 Å². The third kappa shape index (κ3) is 1.48. The number of amides is 1. The van der Waals surface area contributed by atoms with Crippen molar-refractivity contribution in [3.8, 4) is 0 Å². The number of nitrogens with zero attached hydrogens (tertiary/aromatic N) is 2. The topological polar surface area (TPSA) is 54.4 Å². The predicted molar refractivity (Wildman–Crippen MR) is 53.4 cm³/mol. The van der Waals surface area contributed by atoms with E-state index in [0.29, 0.717) is 16.6 Å². The van der Waals surface area contributed by atoms with E-state index in [0.717, 1.165) is 0 Å². The van der Waals surface area contributed by atoms with Crippen LogP contribution in [0.25, 0.3) is 0 Å². The molecule has 1 aliphatic rings. The smallest absolute Gasteiger partial charge is 0.250 e. The lowest BCUT2D eigenvalue weighted by Gasteiger charge is -2.01. The predicted octanol–water partition coefficient (Wildman–Crippen LogP) is 1.000. The Balaban J connectivity index is 2.38. The van der Waals surface area contributed by atoms with Crippen molar-refractivity contribution in [1.82, 2.24) is 10.3 Å². The van der Waals surface area contributed by atoms with E-state index in [2.05, 4.69) is 15.3 Å². The summed E-state index contributed by atoms with van der Waals surface area (Å²) in [7, 11) is 0. The summed E-state index contributed by atoms with van der Waals surface area (Å²) < 4.78 is 0. The SMILES string of the molecule is CC1N=C(c2ncccc2Cl)NC1=O. The van der Waals surface area contributed by atoms with Crippen molar-refractivity contribution in [2.24, 2.45) is 4.99 Å². The molecule has 2 rings (SSSR count). The van der Waals surface area contributed by atoms with Gasteiger partial charge in [0.2, 0.25) is 5.91 Å². The highest BCUT2D eigenvalue weighted by molar-refractivity contribution is 6.34. The summed E-state index contributed by atoms with van der Waals surface area (Å²) in [6, 6.07) is 3.08. The molecule has 1 aliphatic heterocycles. The Hall–Kier alpha value is -1.42. The van der Waals surface area contributed by atoms with Gasteiger partial charge in [-0.1, -0.05) is 11.6 Å². The number of rotatable bonds is 1. The van der Waals surface area contributed by atoms with Gasteiger partial charge in [-0.15, -0.1) is 0 Å². The molecule has 1 unspecified atom stereocenters. The molecule has 72 valence electrons. The van der Waals surface area contributed by atoms with E-state index in [4.69, 9.17) is 11.6 Å². The van der Waals surface area contributed by atoms with Gasteiger partial charge in [0.1, 0.15) is 11.7 Å². The number of hydrogen-bond donors (Lipinski definition) is 1. The number of amidine groups is 1. The van der Waals surface area contributed by atoms with Crippen LogP contribution in [-0.4, -0.2) is 22.8 Å². The third-order valence-electron chi connectivity index (χ3n) is 1.93. The molecule has 0 saturated heterocycles. The van der Waals surface area contributed by atoms with Gasteiger partial charge in [-0.2, -0.15) is 0 Å². The molecule has 4 nitrogen and oxygen atoms in total. The zero-order valence-electron chi connectivity index (χ0n) is 7.49. The van der Waals surface area contributed by atoms with Crippen molar-refractivity contribution in [3.63, 3.8) is 0 Å². The van der Waals surface area contributed by atoms with Crippen LogP contribution in [0.5, 0.6) is 0 Å². The summed E-state index contributed by atoms with van der Waals surface area (Å²) in [5, 5.41) is 3.11. The largest absolute Gasteiger partial charge is 0.307 e. The molecular weight excluding hydrogens is 202 g/mol. The Bertz CT molecular complexity index is 416. The number of aliphatic imine (C=N–C) groups is 1. The van der Waals surface area contributed by atoms with Crippen LogP contribution in [0.2, 0.25) is 5.02 Å². The first kappa shape index (κ1) is 9.15. The van der Waals surface area contributed by atoms with Crippen molar-refractivity contribution < 1.29 is 4.79 Å². The highest BCUT2D eigenvalue weighted by Crippen LogP contribution is 2.15. The van der Waals surface area contributed by atoms with Crippen molar-refractivity contribution in [2.45, 2.75) is 13.0 Å². The zero-order chi connectivity index (χ0) is 10.1. The molecule has 0 aliphatic carbocycles. The standard InChI is InChI=1S/C9H8ClN3O/c1-5-9(14)13-8(12-5)7-6(10)3-2-4-11-7/h2-5H,1H3,(H,12,13,14). The molecule has 0 aromatic carbocycles. The maximum Gasteiger partial charge on any atom is 0.250 e. The monoisotopic (exact) mass is 209 g/mol. The van der Waals surface area contributed by atoms with Gasteiger partial charge < -0.3 is 5.32 Å². The molecule has 1 aromatic rings. The molecule has 0 radical (unpaired) electrons. The van der Waals surface area contributed by atoms with E-state index in [-0.39, 0.29) is 11.9 Å². The average Bonchev–Trinajstić information content (AvgIpc) is 2.48. The summed E-state index contributed by atoms with van der Waals surface area (Å²) in [5.74, 6) is 0.329. The first-order valence-corrected chi connectivity index (χ1v) is 4.56. The number of carbonyl (C=O) groups excluding carboxylic acids is 1. The Morgan fingerprint density at radius 3 is 2.93 bits per heavy atom. The lowest BCUT2D eigenvalue weighted by atomic mass is 10.3. The number of hydrogen-bond acceptors (Lipinski definition) is 3. The summed E-state index contributed by atoms with van der Waals surface area (Å²) in [4.78, 5) is 19.3. The normalized spacial score (nSPS) is 20.6. The maximum absolute atomic E-state index is 11.2. The fourth-order valence-electron chi connectivity index (χ4n) is 1.19. The number of aromatic nitrogens is 1. The van der Waals surface area contributed by atoms with Crippen LogP contribution in [-0.2, 0) is 4.79 Å². The van der Waals surface area contributed by atoms with Crippen molar-refractivity contribution in [1.29, 1.82) is 0 Å². The zero-order valence-corrected chi connectivity index (χ0v) is 8.25. The van der Waals surface area contributed by atoms with Crippen LogP contribution >= 0.6 is 11.6 Å². The summed E-state index contributed by atoms with van der Waals surface area (Å²) in [6.07, 6.45) is 1.61. The second-order valence-corrected chi connectivity index (χ2v) is 3.38. The van der Waals surface area contributed by atoms with Crippen LogP contribution in [0.3, 0.4) is 0 Å². The van der Waals surface area contributed by atoms with Gasteiger partial charge >= 0.3 is 0 Å². The Morgan fingerprint density at radius 2 is 2.36 bits per heavy atom. The maximum atomic E-state index is 11.2. The molecule has 0 saturated carbocycles. The van der Waals surface area contributed by atoms with Gasteiger partial charge in [0.25, 0.3) is 0 Å². The summed E-state index contributed by atoms with van der Waals surface area (Å²) >= 11 is 5.91. The first-order valence-electron chi connectivity index (χ1n) is 4.18. The number of halogens is 1. The molecular formula is C9H8ClN3O.